The Morgan fingerprint density at radius 2 is 2.10 bits per heavy atom. The van der Waals surface area contributed by atoms with E-state index in [0.29, 0.717) is 13.2 Å². The first-order chi connectivity index (χ1) is 10.3. The number of benzene rings is 2. The van der Waals surface area contributed by atoms with Gasteiger partial charge in [0.1, 0.15) is 0 Å². The van der Waals surface area contributed by atoms with Crippen molar-refractivity contribution in [1.29, 1.82) is 0 Å². The van der Waals surface area contributed by atoms with Crippen molar-refractivity contribution in [1.82, 2.24) is 4.90 Å². The van der Waals surface area contributed by atoms with Crippen LogP contribution in [0.3, 0.4) is 0 Å². The molecule has 1 heterocycles. The molecule has 1 saturated heterocycles. The van der Waals surface area contributed by atoms with Gasteiger partial charge in [-0.3, -0.25) is 4.90 Å². The fourth-order valence-corrected chi connectivity index (χ4v) is 2.79. The Balaban J connectivity index is 1.77. The molecule has 3 rings (SSSR count). The van der Waals surface area contributed by atoms with Crippen LogP contribution in [0.15, 0.2) is 42.5 Å². The minimum absolute atomic E-state index is 0.294. The molecule has 0 amide bonds. The predicted molar refractivity (Wildman–Crippen MR) is 81.0 cm³/mol. The number of nitrogens with zero attached hydrogens (tertiary/aromatic N) is 1. The highest BCUT2D eigenvalue weighted by atomic mass is 16.6. The smallest absolute Gasteiger partial charge is 0.336 e. The molecule has 0 spiro atoms. The van der Waals surface area contributed by atoms with Crippen LogP contribution >= 0.6 is 0 Å². The molecule has 2 aromatic rings. The molecule has 2 aromatic carbocycles. The normalized spacial score (nSPS) is 19.6. The largest absolute Gasteiger partial charge is 0.467 e. The van der Waals surface area contributed by atoms with Gasteiger partial charge in [-0.05, 0) is 16.3 Å². The van der Waals surface area contributed by atoms with E-state index in [1.165, 1.54) is 23.4 Å². The van der Waals surface area contributed by atoms with E-state index in [9.17, 15) is 4.79 Å². The summed E-state index contributed by atoms with van der Waals surface area (Å²) in [6.07, 6.45) is -0.473. The third kappa shape index (κ3) is 3.06. The van der Waals surface area contributed by atoms with Crippen LogP contribution in [-0.2, 0) is 20.8 Å². The second kappa shape index (κ2) is 6.24. The van der Waals surface area contributed by atoms with Gasteiger partial charge in [0.15, 0.2) is 6.10 Å². The molecule has 0 N–H and O–H groups in total. The molecular formula is C17H19NO3. The van der Waals surface area contributed by atoms with Gasteiger partial charge in [0.05, 0.1) is 13.7 Å². The molecule has 4 heteroatoms. The maximum atomic E-state index is 11.6. The number of rotatable bonds is 3. The molecule has 1 aliphatic rings. The number of esters is 1. The highest BCUT2D eigenvalue weighted by Crippen LogP contribution is 2.21. The molecule has 1 fully saturated rings. The van der Waals surface area contributed by atoms with E-state index in [1.807, 2.05) is 6.07 Å². The summed E-state index contributed by atoms with van der Waals surface area (Å²) >= 11 is 0. The van der Waals surface area contributed by atoms with Gasteiger partial charge in [-0.1, -0.05) is 42.5 Å². The lowest BCUT2D eigenvalue weighted by Crippen LogP contribution is -2.46. The fraction of sp³-hybridized carbons (Fsp3) is 0.353. The Bertz CT molecular complexity index is 635. The Labute approximate surface area is 124 Å². The summed E-state index contributed by atoms with van der Waals surface area (Å²) in [5, 5.41) is 2.51. The van der Waals surface area contributed by atoms with Crippen LogP contribution < -0.4 is 0 Å². The van der Waals surface area contributed by atoms with E-state index in [-0.39, 0.29) is 5.97 Å². The van der Waals surface area contributed by atoms with Gasteiger partial charge in [-0.25, -0.2) is 4.79 Å². The van der Waals surface area contributed by atoms with Gasteiger partial charge in [-0.15, -0.1) is 0 Å². The van der Waals surface area contributed by atoms with E-state index in [2.05, 4.69) is 41.3 Å². The van der Waals surface area contributed by atoms with E-state index in [4.69, 9.17) is 9.47 Å². The highest BCUT2D eigenvalue weighted by molar-refractivity contribution is 5.85. The molecule has 1 atom stereocenters. The summed E-state index contributed by atoms with van der Waals surface area (Å²) in [6, 6.07) is 14.7. The summed E-state index contributed by atoms with van der Waals surface area (Å²) in [4.78, 5) is 13.8. The van der Waals surface area contributed by atoms with Crippen LogP contribution in [0.2, 0.25) is 0 Å². The minimum Gasteiger partial charge on any atom is -0.467 e. The summed E-state index contributed by atoms with van der Waals surface area (Å²) in [6.45, 7) is 2.79. The quantitative estimate of drug-likeness (QED) is 0.811. The van der Waals surface area contributed by atoms with Crippen molar-refractivity contribution in [2.24, 2.45) is 0 Å². The molecule has 1 unspecified atom stereocenters. The van der Waals surface area contributed by atoms with Crippen LogP contribution in [0.25, 0.3) is 10.8 Å². The first-order valence-corrected chi connectivity index (χ1v) is 7.16. The molecule has 0 aliphatic carbocycles. The zero-order valence-electron chi connectivity index (χ0n) is 12.1. The van der Waals surface area contributed by atoms with Gasteiger partial charge in [0.2, 0.25) is 0 Å². The third-order valence-corrected chi connectivity index (χ3v) is 3.89. The average molecular weight is 285 g/mol. The van der Waals surface area contributed by atoms with Crippen molar-refractivity contribution in [2.75, 3.05) is 26.8 Å². The molecular weight excluding hydrogens is 266 g/mol. The summed E-state index contributed by atoms with van der Waals surface area (Å²) in [7, 11) is 1.40. The Hall–Kier alpha value is -1.91. The van der Waals surface area contributed by atoms with Crippen molar-refractivity contribution >= 4 is 16.7 Å². The molecule has 0 aromatic heterocycles. The maximum absolute atomic E-state index is 11.6. The van der Waals surface area contributed by atoms with Crippen LogP contribution in [0.4, 0.5) is 0 Å². The topological polar surface area (TPSA) is 38.8 Å². The number of ether oxygens (including phenoxy) is 2. The van der Waals surface area contributed by atoms with Gasteiger partial charge >= 0.3 is 5.97 Å². The highest BCUT2D eigenvalue weighted by Gasteiger charge is 2.27. The number of hydrogen-bond donors (Lipinski definition) is 0. The van der Waals surface area contributed by atoms with Crippen LogP contribution in [0.1, 0.15) is 5.56 Å². The fourth-order valence-electron chi connectivity index (χ4n) is 2.79. The second-order valence-corrected chi connectivity index (χ2v) is 5.26. The zero-order chi connectivity index (χ0) is 14.7. The number of fused-ring (bicyclic) bond motifs is 1. The molecule has 110 valence electrons. The van der Waals surface area contributed by atoms with Crippen LogP contribution in [-0.4, -0.2) is 43.8 Å². The first kappa shape index (κ1) is 14.0. The van der Waals surface area contributed by atoms with E-state index >= 15 is 0 Å². The Morgan fingerprint density at radius 1 is 1.29 bits per heavy atom. The van der Waals surface area contributed by atoms with Crippen LogP contribution in [0.5, 0.6) is 0 Å². The minimum atomic E-state index is -0.473. The number of carbonyl (C=O) groups is 1. The van der Waals surface area contributed by atoms with E-state index in [0.717, 1.165) is 13.1 Å². The lowest BCUT2D eigenvalue weighted by atomic mass is 10.0. The monoisotopic (exact) mass is 285 g/mol. The van der Waals surface area contributed by atoms with Crippen molar-refractivity contribution in [2.45, 2.75) is 12.6 Å². The van der Waals surface area contributed by atoms with E-state index in [1.54, 1.807) is 0 Å². The molecule has 0 saturated carbocycles. The number of methoxy groups -OCH3 is 1. The Morgan fingerprint density at radius 3 is 2.95 bits per heavy atom. The lowest BCUT2D eigenvalue weighted by molar-refractivity contribution is -0.159. The van der Waals surface area contributed by atoms with Gasteiger partial charge < -0.3 is 9.47 Å². The number of carbonyl (C=O) groups excluding carboxylic acids is 1. The van der Waals surface area contributed by atoms with Gasteiger partial charge in [0.25, 0.3) is 0 Å². The predicted octanol–water partition coefficient (Wildman–Crippen LogP) is 2.21. The van der Waals surface area contributed by atoms with Crippen molar-refractivity contribution in [3.05, 3.63) is 48.0 Å². The maximum Gasteiger partial charge on any atom is 0.336 e. The number of hydrogen-bond acceptors (Lipinski definition) is 4. The molecule has 0 radical (unpaired) electrons. The molecule has 21 heavy (non-hydrogen) atoms. The summed E-state index contributed by atoms with van der Waals surface area (Å²) in [5.41, 5.74) is 1.28. The summed E-state index contributed by atoms with van der Waals surface area (Å²) < 4.78 is 10.2. The first-order valence-electron chi connectivity index (χ1n) is 7.16. The standard InChI is InChI=1S/C17H19NO3/c1-20-17(19)16-12-18(9-10-21-16)11-14-7-4-6-13-5-2-3-8-15(13)14/h2-8,16H,9-12H2,1H3. The third-order valence-electron chi connectivity index (χ3n) is 3.89. The Kier molecular flexibility index (Phi) is 4.18. The molecule has 1 aliphatic heterocycles. The van der Waals surface area contributed by atoms with Crippen molar-refractivity contribution in [3.63, 3.8) is 0 Å². The van der Waals surface area contributed by atoms with Gasteiger partial charge in [-0.2, -0.15) is 0 Å². The van der Waals surface area contributed by atoms with Crippen molar-refractivity contribution in [3.8, 4) is 0 Å². The average Bonchev–Trinajstić information content (AvgIpc) is 2.55. The zero-order valence-corrected chi connectivity index (χ0v) is 12.1. The SMILES string of the molecule is COC(=O)C1CN(Cc2cccc3ccccc23)CCO1. The second-order valence-electron chi connectivity index (χ2n) is 5.26. The molecule has 0 bridgehead atoms. The lowest BCUT2D eigenvalue weighted by Gasteiger charge is -2.31. The van der Waals surface area contributed by atoms with E-state index < -0.39 is 6.10 Å². The van der Waals surface area contributed by atoms with Crippen LogP contribution in [0, 0.1) is 0 Å². The van der Waals surface area contributed by atoms with Crippen molar-refractivity contribution < 1.29 is 14.3 Å². The van der Waals surface area contributed by atoms with Gasteiger partial charge in [0, 0.05) is 19.6 Å². The molecule has 4 nitrogen and oxygen atoms in total. The summed E-state index contributed by atoms with van der Waals surface area (Å²) in [5.74, 6) is -0.294. The number of morpholine rings is 1.